The lowest BCUT2D eigenvalue weighted by Crippen LogP contribution is -2.56. The molecule has 1 saturated heterocycles. The van der Waals surface area contributed by atoms with Crippen LogP contribution in [0.4, 0.5) is 4.79 Å². The number of ether oxygens (including phenoxy) is 1. The molecule has 0 saturated carbocycles. The fourth-order valence-corrected chi connectivity index (χ4v) is 3.98. The number of carboxylic acids is 1. The third-order valence-corrected chi connectivity index (χ3v) is 4.81. The highest BCUT2D eigenvalue weighted by Gasteiger charge is 2.52. The number of nitrogens with zero attached hydrogens (tertiary/aromatic N) is 1. The summed E-state index contributed by atoms with van der Waals surface area (Å²) >= 11 is 0. The summed E-state index contributed by atoms with van der Waals surface area (Å²) in [5, 5.41) is 9.42. The number of amides is 1. The molecule has 1 aliphatic rings. The zero-order chi connectivity index (χ0) is 15.4. The first kappa shape index (κ1) is 16.7. The molecule has 1 amide bonds. The van der Waals surface area contributed by atoms with Crippen LogP contribution in [-0.2, 0) is 19.7 Å². The van der Waals surface area contributed by atoms with Gasteiger partial charge >= 0.3 is 22.3 Å². The van der Waals surface area contributed by atoms with Gasteiger partial charge in [-0.25, -0.2) is 9.52 Å². The Morgan fingerprint density at radius 3 is 2.55 bits per heavy atom. The SMILES string of the molecule is CCCC1(C(=O)O)CCCN1S(=O)(=O)NC(=O)OCC. The minimum absolute atomic E-state index is 0.0282. The second-order valence-electron chi connectivity index (χ2n) is 4.59. The van der Waals surface area contributed by atoms with Crippen LogP contribution in [0, 0.1) is 0 Å². The number of hydrogen-bond donors (Lipinski definition) is 2. The van der Waals surface area contributed by atoms with Crippen LogP contribution in [0.25, 0.3) is 0 Å². The summed E-state index contributed by atoms with van der Waals surface area (Å²) in [6.07, 6.45) is 0.301. The van der Waals surface area contributed by atoms with E-state index >= 15 is 0 Å². The quantitative estimate of drug-likeness (QED) is 0.746. The second-order valence-corrected chi connectivity index (χ2v) is 6.19. The molecule has 2 N–H and O–H groups in total. The van der Waals surface area contributed by atoms with Gasteiger partial charge in [0.05, 0.1) is 6.61 Å². The minimum Gasteiger partial charge on any atom is -0.480 e. The van der Waals surface area contributed by atoms with E-state index in [1.165, 1.54) is 0 Å². The van der Waals surface area contributed by atoms with Crippen LogP contribution < -0.4 is 4.72 Å². The van der Waals surface area contributed by atoms with Crippen molar-refractivity contribution in [3.63, 3.8) is 0 Å². The van der Waals surface area contributed by atoms with Crippen molar-refractivity contribution in [1.82, 2.24) is 9.03 Å². The van der Waals surface area contributed by atoms with Crippen LogP contribution in [0.3, 0.4) is 0 Å². The van der Waals surface area contributed by atoms with Gasteiger partial charge in [-0.1, -0.05) is 13.3 Å². The lowest BCUT2D eigenvalue weighted by Gasteiger charge is -2.33. The number of rotatable bonds is 6. The van der Waals surface area contributed by atoms with Gasteiger partial charge in [-0.05, 0) is 26.2 Å². The Balaban J connectivity index is 3.02. The van der Waals surface area contributed by atoms with Gasteiger partial charge in [0.15, 0.2) is 0 Å². The van der Waals surface area contributed by atoms with Crippen LogP contribution in [0.1, 0.15) is 39.5 Å². The zero-order valence-corrected chi connectivity index (χ0v) is 12.4. The smallest absolute Gasteiger partial charge is 0.421 e. The molecule has 0 bridgehead atoms. The molecule has 116 valence electrons. The van der Waals surface area contributed by atoms with Crippen molar-refractivity contribution in [2.75, 3.05) is 13.2 Å². The van der Waals surface area contributed by atoms with Crippen LogP contribution in [-0.4, -0.2) is 48.6 Å². The van der Waals surface area contributed by atoms with Crippen LogP contribution in [0.5, 0.6) is 0 Å². The van der Waals surface area contributed by atoms with Crippen molar-refractivity contribution in [3.05, 3.63) is 0 Å². The van der Waals surface area contributed by atoms with E-state index in [-0.39, 0.29) is 26.0 Å². The summed E-state index contributed by atoms with van der Waals surface area (Å²) in [5.41, 5.74) is -1.48. The fourth-order valence-electron chi connectivity index (χ4n) is 2.51. The molecular weight excluding hydrogens is 288 g/mol. The molecular formula is C11H20N2O6S. The van der Waals surface area contributed by atoms with E-state index in [1.807, 2.05) is 0 Å². The van der Waals surface area contributed by atoms with Gasteiger partial charge in [0.1, 0.15) is 5.54 Å². The third-order valence-electron chi connectivity index (χ3n) is 3.27. The van der Waals surface area contributed by atoms with Crippen LogP contribution >= 0.6 is 0 Å². The van der Waals surface area contributed by atoms with Gasteiger partial charge < -0.3 is 9.84 Å². The van der Waals surface area contributed by atoms with Crippen LogP contribution in [0.15, 0.2) is 0 Å². The molecule has 1 heterocycles. The molecule has 0 aromatic carbocycles. The lowest BCUT2D eigenvalue weighted by atomic mass is 9.92. The second kappa shape index (κ2) is 6.40. The number of hydrogen-bond acceptors (Lipinski definition) is 5. The molecule has 1 unspecified atom stereocenters. The van der Waals surface area contributed by atoms with Crippen molar-refractivity contribution in [2.24, 2.45) is 0 Å². The Kier molecular flexibility index (Phi) is 5.35. The normalized spacial score (nSPS) is 23.5. The molecule has 20 heavy (non-hydrogen) atoms. The van der Waals surface area contributed by atoms with Crippen molar-refractivity contribution in [3.8, 4) is 0 Å². The average molecular weight is 308 g/mol. The third kappa shape index (κ3) is 3.21. The standard InChI is InChI=1S/C11H20N2O6S/c1-3-6-11(9(14)15)7-5-8-13(11)20(17,18)12-10(16)19-4-2/h3-8H2,1-2H3,(H,12,16)(H,14,15). The molecule has 1 atom stereocenters. The first-order valence-corrected chi connectivity index (χ1v) is 7.95. The van der Waals surface area contributed by atoms with Gasteiger partial charge in [0.2, 0.25) is 0 Å². The summed E-state index contributed by atoms with van der Waals surface area (Å²) < 4.78 is 31.5. The van der Waals surface area contributed by atoms with Gasteiger partial charge in [-0.15, -0.1) is 0 Å². The number of aliphatic carboxylic acids is 1. The maximum absolute atomic E-state index is 12.2. The maximum Gasteiger partial charge on any atom is 0.421 e. The highest BCUT2D eigenvalue weighted by molar-refractivity contribution is 7.87. The van der Waals surface area contributed by atoms with Crippen molar-refractivity contribution < 1.29 is 27.9 Å². The van der Waals surface area contributed by atoms with E-state index in [0.717, 1.165) is 4.31 Å². The monoisotopic (exact) mass is 308 g/mol. The van der Waals surface area contributed by atoms with Crippen molar-refractivity contribution in [2.45, 2.75) is 45.1 Å². The topological polar surface area (TPSA) is 113 Å². The molecule has 1 rings (SSSR count). The van der Waals surface area contributed by atoms with Crippen LogP contribution in [0.2, 0.25) is 0 Å². The van der Waals surface area contributed by atoms with E-state index in [0.29, 0.717) is 12.8 Å². The molecule has 8 nitrogen and oxygen atoms in total. The molecule has 0 aromatic heterocycles. The number of carbonyl (C=O) groups excluding carboxylic acids is 1. The summed E-state index contributed by atoms with van der Waals surface area (Å²) in [5.74, 6) is -1.19. The number of nitrogens with one attached hydrogen (secondary N) is 1. The Morgan fingerprint density at radius 2 is 2.05 bits per heavy atom. The molecule has 9 heteroatoms. The first-order valence-electron chi connectivity index (χ1n) is 6.51. The van der Waals surface area contributed by atoms with E-state index in [2.05, 4.69) is 4.74 Å². The van der Waals surface area contributed by atoms with E-state index in [9.17, 15) is 23.1 Å². The predicted octanol–water partition coefficient (Wildman–Crippen LogP) is 0.697. The first-order chi connectivity index (χ1) is 9.30. The van der Waals surface area contributed by atoms with E-state index in [4.69, 9.17) is 0 Å². The lowest BCUT2D eigenvalue weighted by molar-refractivity contribution is -0.147. The minimum atomic E-state index is -4.23. The summed E-state index contributed by atoms with van der Waals surface area (Å²) in [4.78, 5) is 22.8. The maximum atomic E-state index is 12.2. The summed E-state index contributed by atoms with van der Waals surface area (Å²) in [6.45, 7) is 3.43. The average Bonchev–Trinajstić information content (AvgIpc) is 2.75. The van der Waals surface area contributed by atoms with Crippen molar-refractivity contribution >= 4 is 22.3 Å². The van der Waals surface area contributed by atoms with Gasteiger partial charge in [0.25, 0.3) is 0 Å². The number of carboxylic acid groups (broad SMARTS) is 1. The van der Waals surface area contributed by atoms with Gasteiger partial charge in [-0.3, -0.25) is 4.79 Å². The molecule has 0 spiro atoms. The molecule has 0 radical (unpaired) electrons. The summed E-state index contributed by atoms with van der Waals surface area (Å²) in [6, 6.07) is 0. The Labute approximate surface area is 118 Å². The highest BCUT2D eigenvalue weighted by Crippen LogP contribution is 2.35. The Hall–Kier alpha value is -1.35. The molecule has 0 aliphatic carbocycles. The van der Waals surface area contributed by atoms with E-state index < -0.39 is 27.8 Å². The largest absolute Gasteiger partial charge is 0.480 e. The number of carbonyl (C=O) groups is 2. The predicted molar refractivity (Wildman–Crippen MR) is 70.3 cm³/mol. The zero-order valence-electron chi connectivity index (χ0n) is 11.6. The highest BCUT2D eigenvalue weighted by atomic mass is 32.2. The Morgan fingerprint density at radius 1 is 1.40 bits per heavy atom. The fraction of sp³-hybridized carbons (Fsp3) is 0.818. The van der Waals surface area contributed by atoms with E-state index in [1.54, 1.807) is 18.6 Å². The Bertz CT molecular complexity index is 477. The van der Waals surface area contributed by atoms with Gasteiger partial charge in [-0.2, -0.15) is 12.7 Å². The molecule has 0 aromatic rings. The molecule has 1 fully saturated rings. The van der Waals surface area contributed by atoms with Gasteiger partial charge in [0, 0.05) is 6.54 Å². The summed E-state index contributed by atoms with van der Waals surface area (Å²) in [7, 11) is -4.23. The van der Waals surface area contributed by atoms with Crippen molar-refractivity contribution in [1.29, 1.82) is 0 Å². The molecule has 1 aliphatic heterocycles.